The average molecular weight is 296 g/mol. The third kappa shape index (κ3) is 3.22. The van der Waals surface area contributed by atoms with Gasteiger partial charge in [-0.05, 0) is 42.4 Å². The minimum Gasteiger partial charge on any atom is -0.326 e. The van der Waals surface area contributed by atoms with Crippen LogP contribution in [0.2, 0.25) is 0 Å². The number of rotatable bonds is 4. The number of piperidine rings is 1. The van der Waals surface area contributed by atoms with Crippen molar-refractivity contribution >= 4 is 10.0 Å². The fraction of sp³-hybridized carbons (Fsp3) is 0.600. The molecule has 0 spiro atoms. The summed E-state index contributed by atoms with van der Waals surface area (Å²) in [6.45, 7) is 6.02. The van der Waals surface area contributed by atoms with Gasteiger partial charge in [0.1, 0.15) is 0 Å². The van der Waals surface area contributed by atoms with Crippen molar-refractivity contribution in [3.63, 3.8) is 0 Å². The lowest BCUT2D eigenvalue weighted by molar-refractivity contribution is 0.226. The normalized spacial score (nSPS) is 18.6. The van der Waals surface area contributed by atoms with Gasteiger partial charge in [-0.25, -0.2) is 8.42 Å². The van der Waals surface area contributed by atoms with Crippen LogP contribution in [0.4, 0.5) is 0 Å². The van der Waals surface area contributed by atoms with E-state index in [0.29, 0.717) is 36.4 Å². The molecule has 1 aromatic carbocycles. The Labute approximate surface area is 122 Å². The van der Waals surface area contributed by atoms with Gasteiger partial charge in [-0.3, -0.25) is 0 Å². The number of hydrogen-bond donors (Lipinski definition) is 1. The molecule has 2 rings (SSSR count). The highest BCUT2D eigenvalue weighted by Gasteiger charge is 2.30. The van der Waals surface area contributed by atoms with Crippen LogP contribution in [0.25, 0.3) is 0 Å². The summed E-state index contributed by atoms with van der Waals surface area (Å²) >= 11 is 0. The fourth-order valence-corrected chi connectivity index (χ4v) is 4.31. The molecule has 0 atom stereocenters. The lowest BCUT2D eigenvalue weighted by atomic mass is 9.87. The van der Waals surface area contributed by atoms with Gasteiger partial charge in [0.15, 0.2) is 0 Å². The molecule has 0 amide bonds. The highest BCUT2D eigenvalue weighted by Crippen LogP contribution is 2.28. The first-order chi connectivity index (χ1) is 9.45. The summed E-state index contributed by atoms with van der Waals surface area (Å²) in [4.78, 5) is 0.364. The molecular formula is C15H24N2O2S. The van der Waals surface area contributed by atoms with E-state index in [0.717, 1.165) is 18.4 Å². The third-order valence-electron chi connectivity index (χ3n) is 4.21. The van der Waals surface area contributed by atoms with E-state index < -0.39 is 10.0 Å². The van der Waals surface area contributed by atoms with Gasteiger partial charge in [0.25, 0.3) is 0 Å². The summed E-state index contributed by atoms with van der Waals surface area (Å²) in [6, 6.07) is 6.95. The van der Waals surface area contributed by atoms with Gasteiger partial charge in [-0.2, -0.15) is 4.31 Å². The van der Waals surface area contributed by atoms with Crippen LogP contribution >= 0.6 is 0 Å². The van der Waals surface area contributed by atoms with Crippen molar-refractivity contribution < 1.29 is 8.42 Å². The zero-order chi connectivity index (χ0) is 14.8. The highest BCUT2D eigenvalue weighted by molar-refractivity contribution is 7.89. The number of sulfonamides is 1. The number of nitrogens with two attached hydrogens (primary N) is 1. The molecule has 0 saturated carbocycles. The molecule has 112 valence electrons. The zero-order valence-electron chi connectivity index (χ0n) is 12.2. The summed E-state index contributed by atoms with van der Waals surface area (Å²) in [5, 5.41) is 0. The smallest absolute Gasteiger partial charge is 0.243 e. The molecule has 1 heterocycles. The van der Waals surface area contributed by atoms with E-state index in [4.69, 9.17) is 5.73 Å². The molecule has 1 aliphatic rings. The Kier molecular flexibility index (Phi) is 4.83. The van der Waals surface area contributed by atoms with Crippen LogP contribution in [0.3, 0.4) is 0 Å². The van der Waals surface area contributed by atoms with Crippen molar-refractivity contribution in [3.8, 4) is 0 Å². The van der Waals surface area contributed by atoms with E-state index in [1.165, 1.54) is 0 Å². The summed E-state index contributed by atoms with van der Waals surface area (Å²) in [6.07, 6.45) is 1.90. The highest BCUT2D eigenvalue weighted by atomic mass is 32.2. The fourth-order valence-electron chi connectivity index (χ4n) is 2.76. The summed E-state index contributed by atoms with van der Waals surface area (Å²) in [7, 11) is -3.37. The summed E-state index contributed by atoms with van der Waals surface area (Å²) in [5.41, 5.74) is 6.43. The standard InChI is InChI=1S/C15H24N2O2S/c1-12(2)14-6-8-17(9-7-14)20(18,19)15-5-3-4-13(10-15)11-16/h3-5,10,12,14H,6-9,11,16H2,1-2H3. The molecule has 1 saturated heterocycles. The first kappa shape index (κ1) is 15.5. The molecule has 20 heavy (non-hydrogen) atoms. The van der Waals surface area contributed by atoms with E-state index in [-0.39, 0.29) is 0 Å². The van der Waals surface area contributed by atoms with Crippen molar-refractivity contribution in [2.24, 2.45) is 17.6 Å². The second-order valence-corrected chi connectivity index (χ2v) is 7.77. The van der Waals surface area contributed by atoms with Crippen LogP contribution in [0.5, 0.6) is 0 Å². The van der Waals surface area contributed by atoms with Gasteiger partial charge >= 0.3 is 0 Å². The molecule has 0 unspecified atom stereocenters. The van der Waals surface area contributed by atoms with Crippen LogP contribution in [-0.2, 0) is 16.6 Å². The first-order valence-corrected chi connectivity index (χ1v) is 8.68. The Morgan fingerprint density at radius 2 is 1.95 bits per heavy atom. The van der Waals surface area contributed by atoms with E-state index in [9.17, 15) is 8.42 Å². The second-order valence-electron chi connectivity index (χ2n) is 5.84. The molecule has 1 aromatic rings. The van der Waals surface area contributed by atoms with Crippen LogP contribution in [0.15, 0.2) is 29.2 Å². The molecule has 1 fully saturated rings. The van der Waals surface area contributed by atoms with Crippen molar-refractivity contribution in [1.29, 1.82) is 0 Å². The van der Waals surface area contributed by atoms with Gasteiger partial charge in [-0.15, -0.1) is 0 Å². The quantitative estimate of drug-likeness (QED) is 0.926. The lowest BCUT2D eigenvalue weighted by Gasteiger charge is -2.33. The molecule has 0 aliphatic carbocycles. The van der Waals surface area contributed by atoms with Crippen LogP contribution in [0, 0.1) is 11.8 Å². The minimum atomic E-state index is -3.37. The Hall–Kier alpha value is -0.910. The predicted molar refractivity (Wildman–Crippen MR) is 80.7 cm³/mol. The molecular weight excluding hydrogens is 272 g/mol. The minimum absolute atomic E-state index is 0.360. The van der Waals surface area contributed by atoms with Gasteiger partial charge in [0, 0.05) is 19.6 Å². The molecule has 0 radical (unpaired) electrons. The SMILES string of the molecule is CC(C)C1CCN(S(=O)(=O)c2cccc(CN)c2)CC1. The Bertz CT molecular complexity index is 547. The number of benzene rings is 1. The number of hydrogen-bond acceptors (Lipinski definition) is 3. The summed E-state index contributed by atoms with van der Waals surface area (Å²) in [5.74, 6) is 1.26. The van der Waals surface area contributed by atoms with E-state index in [1.807, 2.05) is 6.07 Å². The van der Waals surface area contributed by atoms with E-state index in [2.05, 4.69) is 13.8 Å². The molecule has 4 nitrogen and oxygen atoms in total. The molecule has 1 aliphatic heterocycles. The number of nitrogens with zero attached hydrogens (tertiary/aromatic N) is 1. The predicted octanol–water partition coefficient (Wildman–Crippen LogP) is 2.20. The van der Waals surface area contributed by atoms with E-state index in [1.54, 1.807) is 22.5 Å². The second kappa shape index (κ2) is 6.24. The van der Waals surface area contributed by atoms with Gasteiger partial charge < -0.3 is 5.73 Å². The van der Waals surface area contributed by atoms with Crippen molar-refractivity contribution in [2.75, 3.05) is 13.1 Å². The maximum Gasteiger partial charge on any atom is 0.243 e. The van der Waals surface area contributed by atoms with Crippen molar-refractivity contribution in [1.82, 2.24) is 4.31 Å². The van der Waals surface area contributed by atoms with Crippen LogP contribution in [-0.4, -0.2) is 25.8 Å². The van der Waals surface area contributed by atoms with Crippen LogP contribution in [0.1, 0.15) is 32.3 Å². The Morgan fingerprint density at radius 3 is 2.50 bits per heavy atom. The molecule has 0 aromatic heterocycles. The van der Waals surface area contributed by atoms with Crippen LogP contribution < -0.4 is 5.73 Å². The Balaban J connectivity index is 2.15. The molecule has 0 bridgehead atoms. The zero-order valence-corrected chi connectivity index (χ0v) is 13.1. The third-order valence-corrected chi connectivity index (χ3v) is 6.11. The van der Waals surface area contributed by atoms with Crippen molar-refractivity contribution in [3.05, 3.63) is 29.8 Å². The topological polar surface area (TPSA) is 63.4 Å². The summed E-state index contributed by atoms with van der Waals surface area (Å²) < 4.78 is 26.8. The van der Waals surface area contributed by atoms with Gasteiger partial charge in [-0.1, -0.05) is 26.0 Å². The van der Waals surface area contributed by atoms with E-state index >= 15 is 0 Å². The molecule has 2 N–H and O–H groups in total. The monoisotopic (exact) mass is 296 g/mol. The maximum absolute atomic E-state index is 12.6. The van der Waals surface area contributed by atoms with Gasteiger partial charge in [0.05, 0.1) is 4.90 Å². The largest absolute Gasteiger partial charge is 0.326 e. The Morgan fingerprint density at radius 1 is 1.30 bits per heavy atom. The molecule has 5 heteroatoms. The lowest BCUT2D eigenvalue weighted by Crippen LogP contribution is -2.39. The maximum atomic E-state index is 12.6. The van der Waals surface area contributed by atoms with Crippen molar-refractivity contribution in [2.45, 2.75) is 38.1 Å². The average Bonchev–Trinajstić information content (AvgIpc) is 2.47. The van der Waals surface area contributed by atoms with Gasteiger partial charge in [0.2, 0.25) is 10.0 Å². The first-order valence-electron chi connectivity index (χ1n) is 7.24.